The van der Waals surface area contributed by atoms with Gasteiger partial charge in [-0.25, -0.2) is 4.68 Å². The zero-order chi connectivity index (χ0) is 21.3. The van der Waals surface area contributed by atoms with Gasteiger partial charge >= 0.3 is 0 Å². The second-order valence-electron chi connectivity index (χ2n) is 7.25. The highest BCUT2D eigenvalue weighted by molar-refractivity contribution is 9.10. The fraction of sp³-hybridized carbons (Fsp3) is 0.227. The van der Waals surface area contributed by atoms with Gasteiger partial charge in [-0.3, -0.25) is 9.48 Å². The lowest BCUT2D eigenvalue weighted by Crippen LogP contribution is -2.27. The third-order valence-corrected chi connectivity index (χ3v) is 6.21. The van der Waals surface area contributed by atoms with Crippen LogP contribution in [0.2, 0.25) is 0 Å². The molecular weight excluding hydrogens is 444 g/mol. The number of benzene rings is 1. The smallest absolute Gasteiger partial charge is 0.272 e. The molecule has 4 aromatic rings. The molecule has 0 saturated carbocycles. The van der Waals surface area contributed by atoms with Crippen LogP contribution in [0.5, 0.6) is 0 Å². The summed E-state index contributed by atoms with van der Waals surface area (Å²) in [6, 6.07) is 13.7. The summed E-state index contributed by atoms with van der Waals surface area (Å²) in [4.78, 5) is 12.7. The summed E-state index contributed by atoms with van der Waals surface area (Å²) in [5.74, 6) is -0.206. The molecule has 3 heterocycles. The number of amides is 1. The van der Waals surface area contributed by atoms with Crippen LogP contribution in [0, 0.1) is 13.8 Å². The van der Waals surface area contributed by atoms with Crippen LogP contribution in [0.3, 0.4) is 0 Å². The second kappa shape index (κ2) is 8.31. The van der Waals surface area contributed by atoms with E-state index in [0.717, 1.165) is 27.1 Å². The van der Waals surface area contributed by atoms with Crippen molar-refractivity contribution in [1.29, 1.82) is 0 Å². The minimum atomic E-state index is -0.206. The Bertz CT molecular complexity index is 1170. The molecule has 0 fully saturated rings. The van der Waals surface area contributed by atoms with Gasteiger partial charge in [0.1, 0.15) is 12.4 Å². The van der Waals surface area contributed by atoms with E-state index in [1.807, 2.05) is 72.7 Å². The molecular formula is C22H23BrN6O. The Morgan fingerprint density at radius 1 is 1.10 bits per heavy atom. The summed E-state index contributed by atoms with van der Waals surface area (Å²) in [6.45, 7) is 6.35. The van der Waals surface area contributed by atoms with Crippen LogP contribution in [0.25, 0.3) is 5.69 Å². The van der Waals surface area contributed by atoms with Crippen LogP contribution in [0.15, 0.2) is 65.5 Å². The van der Waals surface area contributed by atoms with Gasteiger partial charge in [-0.05, 0) is 72.6 Å². The van der Waals surface area contributed by atoms with Gasteiger partial charge in [-0.2, -0.15) is 10.2 Å². The molecule has 1 atom stereocenters. The van der Waals surface area contributed by atoms with E-state index in [2.05, 4.69) is 37.5 Å². The van der Waals surface area contributed by atoms with Gasteiger partial charge in [0.05, 0.1) is 21.9 Å². The summed E-state index contributed by atoms with van der Waals surface area (Å²) < 4.78 is 6.59. The first-order valence-corrected chi connectivity index (χ1v) is 10.5. The van der Waals surface area contributed by atoms with Crippen LogP contribution in [-0.4, -0.2) is 30.0 Å². The minimum Gasteiger partial charge on any atom is -0.344 e. The third-order valence-electron chi connectivity index (χ3n) is 5.07. The molecule has 0 aliphatic carbocycles. The van der Waals surface area contributed by atoms with E-state index in [9.17, 15) is 4.79 Å². The molecule has 0 radical (unpaired) electrons. The zero-order valence-electron chi connectivity index (χ0n) is 17.1. The largest absolute Gasteiger partial charge is 0.344 e. The van der Waals surface area contributed by atoms with Gasteiger partial charge in [0.2, 0.25) is 0 Å². The number of aromatic nitrogens is 5. The van der Waals surface area contributed by atoms with Gasteiger partial charge < -0.3 is 9.88 Å². The maximum absolute atomic E-state index is 12.7. The van der Waals surface area contributed by atoms with E-state index in [0.29, 0.717) is 12.4 Å². The number of carbonyl (C=O) groups is 1. The normalized spacial score (nSPS) is 12.1. The Balaban J connectivity index is 1.44. The Kier molecular flexibility index (Phi) is 5.59. The number of nitrogens with one attached hydrogen (secondary N) is 1. The fourth-order valence-corrected chi connectivity index (χ4v) is 3.61. The summed E-state index contributed by atoms with van der Waals surface area (Å²) in [5.41, 5.74) is 4.41. The Morgan fingerprint density at radius 2 is 1.87 bits per heavy atom. The van der Waals surface area contributed by atoms with Crippen molar-refractivity contribution in [2.75, 3.05) is 0 Å². The van der Waals surface area contributed by atoms with Crippen molar-refractivity contribution in [3.63, 3.8) is 0 Å². The van der Waals surface area contributed by atoms with Crippen molar-refractivity contribution in [2.45, 2.75) is 33.5 Å². The summed E-state index contributed by atoms with van der Waals surface area (Å²) in [6.07, 6.45) is 5.78. The number of nitrogens with zero attached hydrogens (tertiary/aromatic N) is 5. The van der Waals surface area contributed by atoms with Crippen molar-refractivity contribution < 1.29 is 4.79 Å². The third kappa shape index (κ3) is 4.09. The second-order valence-corrected chi connectivity index (χ2v) is 8.04. The van der Waals surface area contributed by atoms with Gasteiger partial charge in [0.25, 0.3) is 5.91 Å². The average molecular weight is 467 g/mol. The van der Waals surface area contributed by atoms with Crippen molar-refractivity contribution in [1.82, 2.24) is 29.4 Å². The average Bonchev–Trinajstić information content (AvgIpc) is 3.48. The molecule has 1 amide bonds. The van der Waals surface area contributed by atoms with Crippen molar-refractivity contribution >= 4 is 21.8 Å². The molecule has 0 spiro atoms. The molecule has 30 heavy (non-hydrogen) atoms. The number of hydrogen-bond acceptors (Lipinski definition) is 3. The maximum Gasteiger partial charge on any atom is 0.272 e. The Labute approximate surface area is 183 Å². The first-order valence-electron chi connectivity index (χ1n) is 9.69. The Morgan fingerprint density at radius 3 is 2.57 bits per heavy atom. The van der Waals surface area contributed by atoms with Crippen molar-refractivity contribution in [3.8, 4) is 5.69 Å². The van der Waals surface area contributed by atoms with Crippen LogP contribution in [0.4, 0.5) is 0 Å². The molecule has 1 unspecified atom stereocenters. The van der Waals surface area contributed by atoms with Gasteiger partial charge in [0.15, 0.2) is 0 Å². The minimum absolute atomic E-state index is 0.148. The molecule has 7 nitrogen and oxygen atoms in total. The topological polar surface area (TPSA) is 69.7 Å². The van der Waals surface area contributed by atoms with E-state index in [1.165, 1.54) is 0 Å². The number of aryl methyl sites for hydroxylation is 1. The molecule has 1 N–H and O–H groups in total. The lowest BCUT2D eigenvalue weighted by Gasteiger charge is -2.15. The molecule has 3 aromatic heterocycles. The molecule has 154 valence electrons. The highest BCUT2D eigenvalue weighted by Crippen LogP contribution is 2.20. The van der Waals surface area contributed by atoms with Crippen LogP contribution in [0.1, 0.15) is 40.4 Å². The van der Waals surface area contributed by atoms with E-state index >= 15 is 0 Å². The number of carbonyl (C=O) groups excluding carboxylic acids is 1. The first-order chi connectivity index (χ1) is 14.4. The van der Waals surface area contributed by atoms with E-state index < -0.39 is 0 Å². The lowest BCUT2D eigenvalue weighted by atomic mass is 10.1. The molecule has 4 rings (SSSR count). The predicted molar refractivity (Wildman–Crippen MR) is 119 cm³/mol. The zero-order valence-corrected chi connectivity index (χ0v) is 18.7. The van der Waals surface area contributed by atoms with Gasteiger partial charge in [-0.1, -0.05) is 12.1 Å². The predicted octanol–water partition coefficient (Wildman–Crippen LogP) is 4.25. The SMILES string of the molecule is Cc1nn(Cn2ccc(C(=O)NC(C)c3cccc(-n4cccc4)c3)n2)c(C)c1Br. The Hall–Kier alpha value is -3.13. The summed E-state index contributed by atoms with van der Waals surface area (Å²) in [5, 5.41) is 11.9. The van der Waals surface area contributed by atoms with Crippen LogP contribution in [-0.2, 0) is 6.67 Å². The molecule has 0 bridgehead atoms. The maximum atomic E-state index is 12.7. The monoisotopic (exact) mass is 466 g/mol. The molecule has 0 aliphatic rings. The van der Waals surface area contributed by atoms with Crippen LogP contribution < -0.4 is 5.32 Å². The van der Waals surface area contributed by atoms with Crippen molar-refractivity contribution in [2.24, 2.45) is 0 Å². The standard InChI is InChI=1S/C22H23BrN6O/c1-15(18-7-6-8-19(13-18)27-10-4-5-11-27)24-22(30)20-9-12-28(26-20)14-29-17(3)21(23)16(2)25-29/h4-13,15H,14H2,1-3H3,(H,24,30). The van der Waals surface area contributed by atoms with Gasteiger partial charge in [-0.15, -0.1) is 0 Å². The molecule has 0 aliphatic heterocycles. The summed E-state index contributed by atoms with van der Waals surface area (Å²) >= 11 is 3.53. The lowest BCUT2D eigenvalue weighted by molar-refractivity contribution is 0.0934. The number of halogens is 1. The van der Waals surface area contributed by atoms with Gasteiger partial charge in [0, 0.05) is 24.3 Å². The first kappa shape index (κ1) is 20.2. The molecule has 1 aromatic carbocycles. The quantitative estimate of drug-likeness (QED) is 0.461. The highest BCUT2D eigenvalue weighted by atomic mass is 79.9. The number of rotatable bonds is 6. The summed E-state index contributed by atoms with van der Waals surface area (Å²) in [7, 11) is 0. The highest BCUT2D eigenvalue weighted by Gasteiger charge is 2.15. The fourth-order valence-electron chi connectivity index (χ4n) is 3.33. The van der Waals surface area contributed by atoms with E-state index in [4.69, 9.17) is 0 Å². The van der Waals surface area contributed by atoms with Crippen LogP contribution >= 0.6 is 15.9 Å². The van der Waals surface area contributed by atoms with E-state index in [-0.39, 0.29) is 11.9 Å². The number of hydrogen-bond donors (Lipinski definition) is 1. The molecule has 0 saturated heterocycles. The molecule has 8 heteroatoms. The van der Waals surface area contributed by atoms with E-state index in [1.54, 1.807) is 16.9 Å². The van der Waals surface area contributed by atoms with Crippen molar-refractivity contribution in [3.05, 3.63) is 88.2 Å².